The van der Waals surface area contributed by atoms with Crippen LogP contribution in [0.1, 0.15) is 47.1 Å². The monoisotopic (exact) mass is 277 g/mol. The van der Waals surface area contributed by atoms with Crippen LogP contribution in [0.4, 0.5) is 5.69 Å². The Morgan fingerprint density at radius 2 is 1.70 bits per heavy atom. The maximum atomic E-state index is 11.8. The van der Waals surface area contributed by atoms with Gasteiger partial charge in [-0.3, -0.25) is 4.79 Å². The number of esters is 1. The number of benzene rings is 1. The normalized spacial score (nSPS) is 13.2. The number of hydrogen-bond donors (Lipinski definition) is 1. The molecule has 0 amide bonds. The summed E-state index contributed by atoms with van der Waals surface area (Å²) < 4.78 is 5.33. The molecule has 1 atom stereocenters. The minimum Gasteiger partial charge on any atom is -0.461 e. The lowest BCUT2D eigenvalue weighted by Crippen LogP contribution is -2.25. The minimum absolute atomic E-state index is 0.0423. The molecule has 0 spiro atoms. The van der Waals surface area contributed by atoms with Gasteiger partial charge < -0.3 is 10.1 Å². The Labute approximate surface area is 122 Å². The van der Waals surface area contributed by atoms with Gasteiger partial charge in [0.1, 0.15) is 6.61 Å². The van der Waals surface area contributed by atoms with Gasteiger partial charge in [0.15, 0.2) is 0 Å². The third-order valence-corrected chi connectivity index (χ3v) is 3.23. The third kappa shape index (κ3) is 5.64. The first-order valence-corrected chi connectivity index (χ1v) is 7.23. The average Bonchev–Trinajstić information content (AvgIpc) is 2.34. The van der Waals surface area contributed by atoms with E-state index in [1.165, 1.54) is 0 Å². The highest BCUT2D eigenvalue weighted by Crippen LogP contribution is 2.17. The van der Waals surface area contributed by atoms with Gasteiger partial charge in [-0.15, -0.1) is 0 Å². The van der Waals surface area contributed by atoms with Crippen LogP contribution in [0.15, 0.2) is 24.3 Å². The Bertz CT molecular complexity index is 429. The van der Waals surface area contributed by atoms with E-state index in [0.717, 1.165) is 11.3 Å². The van der Waals surface area contributed by atoms with Gasteiger partial charge in [-0.25, -0.2) is 0 Å². The second-order valence-corrected chi connectivity index (χ2v) is 6.71. The quantitative estimate of drug-likeness (QED) is 0.818. The van der Waals surface area contributed by atoms with E-state index in [1.807, 2.05) is 45.0 Å². The summed E-state index contributed by atoms with van der Waals surface area (Å²) in [5.41, 5.74) is 2.12. The summed E-state index contributed by atoms with van der Waals surface area (Å²) in [6.07, 6.45) is 0. The van der Waals surface area contributed by atoms with Gasteiger partial charge in [0.05, 0.1) is 5.92 Å². The second kappa shape index (κ2) is 6.78. The maximum Gasteiger partial charge on any atom is 0.309 e. The van der Waals surface area contributed by atoms with E-state index >= 15 is 0 Å². The highest BCUT2D eigenvalue weighted by molar-refractivity contribution is 5.72. The van der Waals surface area contributed by atoms with Gasteiger partial charge in [-0.2, -0.15) is 0 Å². The first-order valence-electron chi connectivity index (χ1n) is 7.23. The van der Waals surface area contributed by atoms with E-state index in [1.54, 1.807) is 0 Å². The average molecular weight is 277 g/mol. The van der Waals surface area contributed by atoms with E-state index in [2.05, 4.69) is 26.1 Å². The molecule has 3 heteroatoms. The first-order chi connectivity index (χ1) is 9.19. The predicted molar refractivity (Wildman–Crippen MR) is 83.6 cm³/mol. The van der Waals surface area contributed by atoms with Crippen LogP contribution in [0.3, 0.4) is 0 Å². The molecule has 1 rings (SSSR count). The largest absolute Gasteiger partial charge is 0.461 e. The molecule has 112 valence electrons. The maximum absolute atomic E-state index is 11.8. The lowest BCUT2D eigenvalue weighted by Gasteiger charge is -2.22. The molecule has 0 bridgehead atoms. The van der Waals surface area contributed by atoms with Crippen molar-refractivity contribution in [3.05, 3.63) is 29.8 Å². The van der Waals surface area contributed by atoms with Gasteiger partial charge in [0, 0.05) is 11.2 Å². The molecule has 1 unspecified atom stereocenters. The summed E-state index contributed by atoms with van der Waals surface area (Å²) in [4.78, 5) is 11.8. The summed E-state index contributed by atoms with van der Waals surface area (Å²) in [6, 6.07) is 8.00. The minimum atomic E-state index is -0.128. The van der Waals surface area contributed by atoms with Gasteiger partial charge >= 0.3 is 5.97 Å². The van der Waals surface area contributed by atoms with E-state index in [0.29, 0.717) is 12.5 Å². The number of hydrogen-bond acceptors (Lipinski definition) is 3. The van der Waals surface area contributed by atoms with Crippen molar-refractivity contribution in [3.63, 3.8) is 0 Å². The lowest BCUT2D eigenvalue weighted by molar-refractivity contribution is -0.150. The molecule has 0 saturated heterocycles. The highest BCUT2D eigenvalue weighted by atomic mass is 16.5. The Hall–Kier alpha value is -1.51. The summed E-state index contributed by atoms with van der Waals surface area (Å²) in [7, 11) is 0. The van der Waals surface area contributed by atoms with Crippen LogP contribution in [0.5, 0.6) is 0 Å². The fourth-order valence-corrected chi connectivity index (χ4v) is 1.68. The zero-order valence-corrected chi connectivity index (χ0v) is 13.5. The lowest BCUT2D eigenvalue weighted by atomic mass is 9.99. The number of carbonyl (C=O) groups excluding carboxylic acids is 1. The molecular formula is C17H27NO2. The van der Waals surface area contributed by atoms with Crippen LogP contribution in [0, 0.1) is 11.8 Å². The summed E-state index contributed by atoms with van der Waals surface area (Å²) in [5, 5.41) is 3.40. The Morgan fingerprint density at radius 3 is 2.15 bits per heavy atom. The van der Waals surface area contributed by atoms with Crippen molar-refractivity contribution in [2.45, 2.75) is 53.7 Å². The van der Waals surface area contributed by atoms with Gasteiger partial charge in [-0.05, 0) is 44.4 Å². The first kappa shape index (κ1) is 16.5. The molecule has 0 aliphatic heterocycles. The molecule has 0 fully saturated rings. The zero-order chi connectivity index (χ0) is 15.3. The highest BCUT2D eigenvalue weighted by Gasteiger charge is 2.18. The second-order valence-electron chi connectivity index (χ2n) is 6.71. The molecule has 0 heterocycles. The Morgan fingerprint density at radius 1 is 1.15 bits per heavy atom. The number of ether oxygens (including phenoxy) is 1. The molecule has 0 aliphatic carbocycles. The van der Waals surface area contributed by atoms with Crippen LogP contribution in [-0.4, -0.2) is 11.5 Å². The molecule has 0 aliphatic rings. The van der Waals surface area contributed by atoms with Gasteiger partial charge in [0.2, 0.25) is 0 Å². The molecule has 0 saturated carbocycles. The fourth-order valence-electron chi connectivity index (χ4n) is 1.68. The number of rotatable bonds is 5. The van der Waals surface area contributed by atoms with E-state index < -0.39 is 0 Å². The van der Waals surface area contributed by atoms with Crippen molar-refractivity contribution in [1.29, 1.82) is 0 Å². The smallest absolute Gasteiger partial charge is 0.309 e. The van der Waals surface area contributed by atoms with Crippen molar-refractivity contribution in [1.82, 2.24) is 0 Å². The zero-order valence-electron chi connectivity index (χ0n) is 13.5. The molecule has 20 heavy (non-hydrogen) atoms. The summed E-state index contributed by atoms with van der Waals surface area (Å²) >= 11 is 0. The van der Waals surface area contributed by atoms with Crippen molar-refractivity contribution < 1.29 is 9.53 Å². The van der Waals surface area contributed by atoms with E-state index in [-0.39, 0.29) is 17.4 Å². The van der Waals surface area contributed by atoms with Crippen molar-refractivity contribution >= 4 is 11.7 Å². The van der Waals surface area contributed by atoms with Crippen LogP contribution < -0.4 is 5.32 Å². The molecule has 0 aromatic heterocycles. The van der Waals surface area contributed by atoms with E-state index in [4.69, 9.17) is 4.74 Å². The fraction of sp³-hybridized carbons (Fsp3) is 0.588. The van der Waals surface area contributed by atoms with Crippen molar-refractivity contribution in [3.8, 4) is 0 Å². The van der Waals surface area contributed by atoms with E-state index in [9.17, 15) is 4.79 Å². The number of nitrogens with one attached hydrogen (secondary N) is 1. The van der Waals surface area contributed by atoms with Crippen LogP contribution in [-0.2, 0) is 16.1 Å². The molecule has 3 nitrogen and oxygen atoms in total. The van der Waals surface area contributed by atoms with Crippen LogP contribution in [0.2, 0.25) is 0 Å². The topological polar surface area (TPSA) is 38.3 Å². The number of carbonyl (C=O) groups is 1. The third-order valence-electron chi connectivity index (χ3n) is 3.23. The molecule has 1 aromatic rings. The Balaban J connectivity index is 2.52. The number of anilines is 1. The molecule has 1 N–H and O–H groups in total. The summed E-state index contributed by atoms with van der Waals surface area (Å²) in [6.45, 7) is 12.7. The predicted octanol–water partition coefficient (Wildman–Crippen LogP) is 4.23. The van der Waals surface area contributed by atoms with Crippen molar-refractivity contribution in [2.24, 2.45) is 11.8 Å². The molecule has 0 radical (unpaired) electrons. The standard InChI is InChI=1S/C17H27NO2/c1-12(2)13(3)16(19)20-11-14-7-9-15(10-8-14)18-17(4,5)6/h7-10,12-13,18H,11H2,1-6H3. The van der Waals surface area contributed by atoms with Gasteiger partial charge in [-0.1, -0.05) is 32.9 Å². The van der Waals surface area contributed by atoms with Crippen LogP contribution >= 0.6 is 0 Å². The summed E-state index contributed by atoms with van der Waals surface area (Å²) in [5.74, 6) is 0.120. The van der Waals surface area contributed by atoms with Gasteiger partial charge in [0.25, 0.3) is 0 Å². The van der Waals surface area contributed by atoms with Crippen LogP contribution in [0.25, 0.3) is 0 Å². The SMILES string of the molecule is CC(C)C(C)C(=O)OCc1ccc(NC(C)(C)C)cc1. The van der Waals surface area contributed by atoms with Crippen molar-refractivity contribution in [2.75, 3.05) is 5.32 Å². The Kier molecular flexibility index (Phi) is 5.61. The molecular weight excluding hydrogens is 250 g/mol. The molecule has 1 aromatic carbocycles.